The van der Waals surface area contributed by atoms with Crippen molar-refractivity contribution in [1.82, 2.24) is 9.55 Å². The first-order chi connectivity index (χ1) is 8.83. The van der Waals surface area contributed by atoms with E-state index in [9.17, 15) is 5.11 Å². The molecule has 0 aromatic carbocycles. The highest BCUT2D eigenvalue weighted by atomic mass is 16.3. The topological polar surface area (TPSA) is 38.0 Å². The molecule has 3 heteroatoms. The molecule has 0 saturated carbocycles. The van der Waals surface area contributed by atoms with Gasteiger partial charge in [-0.15, -0.1) is 0 Å². The van der Waals surface area contributed by atoms with Gasteiger partial charge in [0.1, 0.15) is 0 Å². The third-order valence-corrected chi connectivity index (χ3v) is 3.37. The Morgan fingerprint density at radius 2 is 1.72 bits per heavy atom. The molecule has 0 aliphatic rings. The van der Waals surface area contributed by atoms with Crippen LogP contribution in [0.15, 0.2) is 18.7 Å². The van der Waals surface area contributed by atoms with Crippen molar-refractivity contribution in [3.8, 4) is 0 Å². The van der Waals surface area contributed by atoms with Crippen LogP contribution in [0.5, 0.6) is 0 Å². The van der Waals surface area contributed by atoms with E-state index in [0.29, 0.717) is 6.54 Å². The average Bonchev–Trinajstić information content (AvgIpc) is 2.85. The van der Waals surface area contributed by atoms with Gasteiger partial charge in [0.2, 0.25) is 0 Å². The van der Waals surface area contributed by atoms with Gasteiger partial charge in [-0.05, 0) is 6.42 Å². The highest BCUT2D eigenvalue weighted by molar-refractivity contribution is 4.75. The summed E-state index contributed by atoms with van der Waals surface area (Å²) in [5, 5.41) is 9.85. The van der Waals surface area contributed by atoms with Crippen LogP contribution >= 0.6 is 0 Å². The molecule has 1 aromatic rings. The van der Waals surface area contributed by atoms with Crippen molar-refractivity contribution < 1.29 is 5.11 Å². The molecule has 1 aromatic heterocycles. The van der Waals surface area contributed by atoms with E-state index < -0.39 is 0 Å². The molecule has 1 N–H and O–H groups in total. The van der Waals surface area contributed by atoms with Crippen molar-refractivity contribution >= 4 is 0 Å². The van der Waals surface area contributed by atoms with Gasteiger partial charge in [-0.3, -0.25) is 0 Å². The maximum Gasteiger partial charge on any atom is 0.0946 e. The van der Waals surface area contributed by atoms with Gasteiger partial charge in [-0.25, -0.2) is 4.98 Å². The first-order valence-electron chi connectivity index (χ1n) is 7.46. The molecule has 3 nitrogen and oxygen atoms in total. The standard InChI is InChI=1S/C15H28N2O/c1-2-3-4-5-6-7-8-9-10-15(18)13-17-12-11-16-14-17/h11-12,14-15,18H,2-10,13H2,1H3/t15-/m1/s1. The molecule has 0 bridgehead atoms. The predicted molar refractivity (Wildman–Crippen MR) is 75.5 cm³/mol. The Labute approximate surface area is 111 Å². The monoisotopic (exact) mass is 252 g/mol. The molecular formula is C15H28N2O. The first-order valence-corrected chi connectivity index (χ1v) is 7.46. The van der Waals surface area contributed by atoms with Crippen molar-refractivity contribution in [1.29, 1.82) is 0 Å². The van der Waals surface area contributed by atoms with Crippen molar-refractivity contribution in [3.05, 3.63) is 18.7 Å². The van der Waals surface area contributed by atoms with Crippen LogP contribution in [-0.4, -0.2) is 20.8 Å². The van der Waals surface area contributed by atoms with Gasteiger partial charge >= 0.3 is 0 Å². The summed E-state index contributed by atoms with van der Waals surface area (Å²) in [5.74, 6) is 0. The highest BCUT2D eigenvalue weighted by Gasteiger charge is 2.04. The Hall–Kier alpha value is -0.830. The van der Waals surface area contributed by atoms with Gasteiger partial charge in [-0.2, -0.15) is 0 Å². The minimum absolute atomic E-state index is 0.223. The van der Waals surface area contributed by atoms with Crippen molar-refractivity contribution in [2.45, 2.75) is 77.4 Å². The summed E-state index contributed by atoms with van der Waals surface area (Å²) < 4.78 is 1.94. The summed E-state index contributed by atoms with van der Waals surface area (Å²) in [4.78, 5) is 3.97. The quantitative estimate of drug-likeness (QED) is 0.609. The Morgan fingerprint density at radius 3 is 2.33 bits per heavy atom. The third-order valence-electron chi connectivity index (χ3n) is 3.37. The number of unbranched alkanes of at least 4 members (excludes halogenated alkanes) is 7. The van der Waals surface area contributed by atoms with E-state index in [0.717, 1.165) is 12.8 Å². The Balaban J connectivity index is 1.88. The number of hydrogen-bond donors (Lipinski definition) is 1. The van der Waals surface area contributed by atoms with E-state index in [1.165, 1.54) is 44.9 Å². The van der Waals surface area contributed by atoms with Crippen LogP contribution < -0.4 is 0 Å². The predicted octanol–water partition coefficient (Wildman–Crippen LogP) is 3.77. The maximum atomic E-state index is 9.85. The molecule has 0 saturated heterocycles. The van der Waals surface area contributed by atoms with Gasteiger partial charge in [0.15, 0.2) is 0 Å². The van der Waals surface area contributed by atoms with Gasteiger partial charge in [0.25, 0.3) is 0 Å². The zero-order chi connectivity index (χ0) is 13.1. The van der Waals surface area contributed by atoms with Crippen molar-refractivity contribution in [2.24, 2.45) is 0 Å². The molecule has 0 amide bonds. The molecule has 0 radical (unpaired) electrons. The normalized spacial score (nSPS) is 12.8. The third kappa shape index (κ3) is 7.49. The zero-order valence-electron chi connectivity index (χ0n) is 11.7. The van der Waals surface area contributed by atoms with Crippen LogP contribution in [0, 0.1) is 0 Å². The van der Waals surface area contributed by atoms with Crippen LogP contribution in [0.2, 0.25) is 0 Å². The smallest absolute Gasteiger partial charge is 0.0946 e. The molecule has 0 aliphatic heterocycles. The lowest BCUT2D eigenvalue weighted by Crippen LogP contribution is -2.14. The summed E-state index contributed by atoms with van der Waals surface area (Å²) in [6.45, 7) is 2.93. The first kappa shape index (κ1) is 15.2. The molecular weight excluding hydrogens is 224 g/mol. The fraction of sp³-hybridized carbons (Fsp3) is 0.800. The molecule has 1 heterocycles. The highest BCUT2D eigenvalue weighted by Crippen LogP contribution is 2.11. The Kier molecular flexibility index (Phi) is 8.57. The van der Waals surface area contributed by atoms with Crippen LogP contribution in [0.25, 0.3) is 0 Å². The van der Waals surface area contributed by atoms with E-state index in [4.69, 9.17) is 0 Å². The summed E-state index contributed by atoms with van der Waals surface area (Å²) >= 11 is 0. The summed E-state index contributed by atoms with van der Waals surface area (Å²) in [6.07, 6.45) is 16.6. The van der Waals surface area contributed by atoms with Gasteiger partial charge in [0.05, 0.1) is 12.4 Å². The minimum atomic E-state index is -0.223. The number of aromatic nitrogens is 2. The second kappa shape index (κ2) is 10.1. The molecule has 0 unspecified atom stereocenters. The van der Waals surface area contributed by atoms with Crippen molar-refractivity contribution in [2.75, 3.05) is 0 Å². The molecule has 0 spiro atoms. The Bertz CT molecular complexity index is 272. The summed E-state index contributed by atoms with van der Waals surface area (Å²) in [7, 11) is 0. The maximum absolute atomic E-state index is 9.85. The number of hydrogen-bond acceptors (Lipinski definition) is 2. The number of nitrogens with zero attached hydrogens (tertiary/aromatic N) is 2. The zero-order valence-corrected chi connectivity index (χ0v) is 11.7. The molecule has 18 heavy (non-hydrogen) atoms. The van der Waals surface area contributed by atoms with E-state index in [2.05, 4.69) is 11.9 Å². The second-order valence-corrected chi connectivity index (χ2v) is 5.18. The number of aliphatic hydroxyl groups excluding tert-OH is 1. The molecule has 0 aliphatic carbocycles. The lowest BCUT2D eigenvalue weighted by atomic mass is 10.1. The van der Waals surface area contributed by atoms with E-state index >= 15 is 0 Å². The summed E-state index contributed by atoms with van der Waals surface area (Å²) in [5.41, 5.74) is 0. The van der Waals surface area contributed by atoms with E-state index in [-0.39, 0.29) is 6.10 Å². The number of rotatable bonds is 11. The molecule has 1 rings (SSSR count). The Morgan fingerprint density at radius 1 is 1.06 bits per heavy atom. The fourth-order valence-electron chi connectivity index (χ4n) is 2.24. The van der Waals surface area contributed by atoms with Crippen LogP contribution in [0.1, 0.15) is 64.7 Å². The second-order valence-electron chi connectivity index (χ2n) is 5.18. The molecule has 0 fully saturated rings. The fourth-order valence-corrected chi connectivity index (χ4v) is 2.24. The molecule has 104 valence electrons. The van der Waals surface area contributed by atoms with Crippen LogP contribution in [-0.2, 0) is 6.54 Å². The van der Waals surface area contributed by atoms with E-state index in [1.807, 2.05) is 10.8 Å². The van der Waals surface area contributed by atoms with Gasteiger partial charge in [0, 0.05) is 18.9 Å². The largest absolute Gasteiger partial charge is 0.391 e. The van der Waals surface area contributed by atoms with Gasteiger partial charge < -0.3 is 9.67 Å². The van der Waals surface area contributed by atoms with Crippen molar-refractivity contribution in [3.63, 3.8) is 0 Å². The van der Waals surface area contributed by atoms with Crippen LogP contribution in [0.4, 0.5) is 0 Å². The van der Waals surface area contributed by atoms with Gasteiger partial charge in [-0.1, -0.05) is 58.3 Å². The minimum Gasteiger partial charge on any atom is -0.391 e. The number of imidazole rings is 1. The summed E-state index contributed by atoms with van der Waals surface area (Å²) in [6, 6.07) is 0. The number of aliphatic hydroxyl groups is 1. The SMILES string of the molecule is CCCCCCCCCC[C@@H](O)Cn1ccnc1. The van der Waals surface area contributed by atoms with Crippen LogP contribution in [0.3, 0.4) is 0 Å². The lowest BCUT2D eigenvalue weighted by molar-refractivity contribution is 0.140. The van der Waals surface area contributed by atoms with E-state index in [1.54, 1.807) is 12.5 Å². The molecule has 1 atom stereocenters. The average molecular weight is 252 g/mol. The lowest BCUT2D eigenvalue weighted by Gasteiger charge is -2.10.